The van der Waals surface area contributed by atoms with Crippen LogP contribution in [0.2, 0.25) is 5.02 Å². The summed E-state index contributed by atoms with van der Waals surface area (Å²) >= 11 is 7.65. The van der Waals surface area contributed by atoms with Gasteiger partial charge in [0.2, 0.25) is 0 Å². The number of aryl methyl sites for hydroxylation is 2. The standard InChI is InChI=1S/C17H17ClOS/c1-11-8-9-12(2)14(10-11)17(19)13(3)20-16-7-5-4-6-15(16)18/h4-10,13H,1-3H3. The van der Waals surface area contributed by atoms with E-state index in [0.29, 0.717) is 5.02 Å². The second-order valence-corrected chi connectivity index (χ2v) is 6.66. The van der Waals surface area contributed by atoms with Crippen molar-refractivity contribution in [3.63, 3.8) is 0 Å². The van der Waals surface area contributed by atoms with Crippen LogP contribution in [-0.2, 0) is 0 Å². The van der Waals surface area contributed by atoms with E-state index in [4.69, 9.17) is 11.6 Å². The molecule has 0 heterocycles. The molecule has 3 heteroatoms. The Hall–Kier alpha value is -1.25. The molecule has 20 heavy (non-hydrogen) atoms. The van der Waals surface area contributed by atoms with E-state index >= 15 is 0 Å². The summed E-state index contributed by atoms with van der Waals surface area (Å²) < 4.78 is 0. The van der Waals surface area contributed by atoms with E-state index in [2.05, 4.69) is 0 Å². The van der Waals surface area contributed by atoms with Crippen molar-refractivity contribution in [2.24, 2.45) is 0 Å². The normalized spacial score (nSPS) is 12.2. The molecule has 0 aromatic heterocycles. The molecule has 2 aromatic rings. The molecule has 104 valence electrons. The maximum atomic E-state index is 12.6. The summed E-state index contributed by atoms with van der Waals surface area (Å²) in [6, 6.07) is 13.6. The van der Waals surface area contributed by atoms with Crippen LogP contribution in [0.5, 0.6) is 0 Å². The molecule has 1 atom stereocenters. The van der Waals surface area contributed by atoms with Gasteiger partial charge in [0.15, 0.2) is 5.78 Å². The first-order valence-corrected chi connectivity index (χ1v) is 7.77. The topological polar surface area (TPSA) is 17.1 Å². The highest BCUT2D eigenvalue weighted by atomic mass is 35.5. The number of benzene rings is 2. The lowest BCUT2D eigenvalue weighted by molar-refractivity contribution is 0.0993. The smallest absolute Gasteiger partial charge is 0.176 e. The van der Waals surface area contributed by atoms with Crippen LogP contribution in [0.25, 0.3) is 0 Å². The first-order chi connectivity index (χ1) is 9.49. The monoisotopic (exact) mass is 304 g/mol. The highest BCUT2D eigenvalue weighted by Crippen LogP contribution is 2.31. The van der Waals surface area contributed by atoms with Crippen LogP contribution in [-0.4, -0.2) is 11.0 Å². The molecule has 1 nitrogen and oxygen atoms in total. The van der Waals surface area contributed by atoms with Crippen molar-refractivity contribution in [3.05, 3.63) is 64.2 Å². The van der Waals surface area contributed by atoms with E-state index in [1.165, 1.54) is 11.8 Å². The van der Waals surface area contributed by atoms with Gasteiger partial charge in [0.05, 0.1) is 10.3 Å². The predicted octanol–water partition coefficient (Wildman–Crippen LogP) is 5.32. The molecule has 0 saturated carbocycles. The van der Waals surface area contributed by atoms with Crippen LogP contribution in [0, 0.1) is 13.8 Å². The Labute approximate surface area is 129 Å². The minimum atomic E-state index is -0.157. The summed E-state index contributed by atoms with van der Waals surface area (Å²) in [7, 11) is 0. The number of rotatable bonds is 4. The molecule has 0 aliphatic rings. The molecule has 0 amide bonds. The Morgan fingerprint density at radius 3 is 2.55 bits per heavy atom. The largest absolute Gasteiger partial charge is 0.293 e. The van der Waals surface area contributed by atoms with Gasteiger partial charge in [-0.15, -0.1) is 11.8 Å². The van der Waals surface area contributed by atoms with Crippen molar-refractivity contribution in [2.75, 3.05) is 0 Å². The maximum absolute atomic E-state index is 12.6. The fourth-order valence-corrected chi connectivity index (χ4v) is 3.23. The number of ketones is 1. The Balaban J connectivity index is 2.21. The minimum absolute atomic E-state index is 0.149. The minimum Gasteiger partial charge on any atom is -0.293 e. The van der Waals surface area contributed by atoms with Gasteiger partial charge in [0, 0.05) is 10.5 Å². The van der Waals surface area contributed by atoms with Crippen molar-refractivity contribution < 1.29 is 4.79 Å². The number of hydrogen-bond acceptors (Lipinski definition) is 2. The Morgan fingerprint density at radius 2 is 1.85 bits per heavy atom. The van der Waals surface area contributed by atoms with Gasteiger partial charge in [-0.3, -0.25) is 4.79 Å². The molecule has 2 aromatic carbocycles. The lowest BCUT2D eigenvalue weighted by atomic mass is 10.0. The SMILES string of the molecule is Cc1ccc(C)c(C(=O)C(C)Sc2ccccc2Cl)c1. The predicted molar refractivity (Wildman–Crippen MR) is 87.0 cm³/mol. The van der Waals surface area contributed by atoms with E-state index in [1.54, 1.807) is 0 Å². The number of Topliss-reactive ketones (excluding diaryl/α,β-unsaturated/α-hetero) is 1. The van der Waals surface area contributed by atoms with Crippen molar-refractivity contribution in [1.29, 1.82) is 0 Å². The molecule has 0 radical (unpaired) electrons. The number of carbonyl (C=O) groups is 1. The van der Waals surface area contributed by atoms with Crippen LogP contribution < -0.4 is 0 Å². The van der Waals surface area contributed by atoms with Gasteiger partial charge < -0.3 is 0 Å². The van der Waals surface area contributed by atoms with E-state index < -0.39 is 0 Å². The zero-order valence-corrected chi connectivity index (χ0v) is 13.4. The zero-order chi connectivity index (χ0) is 14.7. The fraction of sp³-hybridized carbons (Fsp3) is 0.235. The second-order valence-electron chi connectivity index (χ2n) is 4.87. The van der Waals surface area contributed by atoms with Crippen molar-refractivity contribution in [1.82, 2.24) is 0 Å². The van der Waals surface area contributed by atoms with Crippen LogP contribution in [0.15, 0.2) is 47.4 Å². The lowest BCUT2D eigenvalue weighted by Gasteiger charge is -2.13. The highest BCUT2D eigenvalue weighted by Gasteiger charge is 2.19. The lowest BCUT2D eigenvalue weighted by Crippen LogP contribution is -2.15. The van der Waals surface area contributed by atoms with Gasteiger partial charge >= 0.3 is 0 Å². The van der Waals surface area contributed by atoms with Gasteiger partial charge in [-0.25, -0.2) is 0 Å². The van der Waals surface area contributed by atoms with Crippen molar-refractivity contribution in [3.8, 4) is 0 Å². The van der Waals surface area contributed by atoms with Crippen LogP contribution in [0.4, 0.5) is 0 Å². The Morgan fingerprint density at radius 1 is 1.15 bits per heavy atom. The van der Waals surface area contributed by atoms with E-state index in [0.717, 1.165) is 21.6 Å². The number of halogens is 1. The molecular formula is C17H17ClOS. The average Bonchev–Trinajstić information content (AvgIpc) is 2.43. The first kappa shape index (κ1) is 15.1. The van der Waals surface area contributed by atoms with Crippen LogP contribution in [0.1, 0.15) is 28.4 Å². The number of hydrogen-bond donors (Lipinski definition) is 0. The molecule has 2 rings (SSSR count). The number of carbonyl (C=O) groups excluding carboxylic acids is 1. The van der Waals surface area contributed by atoms with Gasteiger partial charge in [0.25, 0.3) is 0 Å². The highest BCUT2D eigenvalue weighted by molar-refractivity contribution is 8.00. The third-order valence-corrected chi connectivity index (χ3v) is 4.79. The molecular weight excluding hydrogens is 288 g/mol. The second kappa shape index (κ2) is 6.47. The van der Waals surface area contributed by atoms with Crippen LogP contribution in [0.3, 0.4) is 0 Å². The van der Waals surface area contributed by atoms with Gasteiger partial charge in [-0.2, -0.15) is 0 Å². The Bertz CT molecular complexity index is 637. The summed E-state index contributed by atoms with van der Waals surface area (Å²) in [4.78, 5) is 13.5. The van der Waals surface area contributed by atoms with E-state index in [1.807, 2.05) is 63.2 Å². The van der Waals surface area contributed by atoms with E-state index in [-0.39, 0.29) is 11.0 Å². The molecule has 0 fully saturated rings. The van der Waals surface area contributed by atoms with Crippen molar-refractivity contribution >= 4 is 29.1 Å². The molecule has 0 aliphatic carbocycles. The molecule has 0 bridgehead atoms. The zero-order valence-electron chi connectivity index (χ0n) is 11.8. The third-order valence-electron chi connectivity index (χ3n) is 3.17. The maximum Gasteiger partial charge on any atom is 0.176 e. The molecule has 0 aliphatic heterocycles. The number of thioether (sulfide) groups is 1. The summed E-state index contributed by atoms with van der Waals surface area (Å²) in [5, 5.41) is 0.536. The molecule has 0 saturated heterocycles. The third kappa shape index (κ3) is 3.44. The molecule has 0 spiro atoms. The van der Waals surface area contributed by atoms with Crippen LogP contribution >= 0.6 is 23.4 Å². The average molecular weight is 305 g/mol. The Kier molecular flexibility index (Phi) is 4.90. The van der Waals surface area contributed by atoms with Gasteiger partial charge in [-0.1, -0.05) is 41.4 Å². The quantitative estimate of drug-likeness (QED) is 0.561. The summed E-state index contributed by atoms with van der Waals surface area (Å²) in [6.45, 7) is 5.90. The van der Waals surface area contributed by atoms with Crippen molar-refractivity contribution in [2.45, 2.75) is 30.9 Å². The summed E-state index contributed by atoms with van der Waals surface area (Å²) in [5.74, 6) is 0.149. The first-order valence-electron chi connectivity index (χ1n) is 6.51. The summed E-state index contributed by atoms with van der Waals surface area (Å²) in [6.07, 6.45) is 0. The van der Waals surface area contributed by atoms with Gasteiger partial charge in [-0.05, 0) is 44.5 Å². The molecule has 1 unspecified atom stereocenters. The fourth-order valence-electron chi connectivity index (χ4n) is 2.00. The van der Waals surface area contributed by atoms with Gasteiger partial charge in [0.1, 0.15) is 0 Å². The summed E-state index contributed by atoms with van der Waals surface area (Å²) in [5.41, 5.74) is 2.93. The molecule has 0 N–H and O–H groups in total. The van der Waals surface area contributed by atoms with E-state index in [9.17, 15) is 4.79 Å².